The van der Waals surface area contributed by atoms with Gasteiger partial charge in [-0.15, -0.1) is 10.3 Å². The van der Waals surface area contributed by atoms with Gasteiger partial charge in [0.15, 0.2) is 0 Å². The van der Waals surface area contributed by atoms with Gasteiger partial charge in [0.1, 0.15) is 0 Å². The first kappa shape index (κ1) is 35.6. The van der Waals surface area contributed by atoms with E-state index in [2.05, 4.69) is 10.6 Å². The van der Waals surface area contributed by atoms with E-state index in [1.165, 1.54) is 0 Å². The van der Waals surface area contributed by atoms with Crippen molar-refractivity contribution in [3.63, 3.8) is 0 Å². The quantitative estimate of drug-likeness (QED) is 0.106. The summed E-state index contributed by atoms with van der Waals surface area (Å²) in [5, 5.41) is -6.81. The van der Waals surface area contributed by atoms with E-state index in [4.69, 9.17) is 0 Å². The topological polar surface area (TPSA) is 43.4 Å². The Balaban J connectivity index is 5.91. The summed E-state index contributed by atoms with van der Waals surface area (Å²) >= 11 is 0. The van der Waals surface area contributed by atoms with Crippen LogP contribution >= 0.6 is 10.3 Å². The second kappa shape index (κ2) is 14.7. The molecular formula is C22H39F9O3S2. The molecule has 0 atom stereocenters. The molecule has 36 heavy (non-hydrogen) atoms. The van der Waals surface area contributed by atoms with Gasteiger partial charge in [-0.2, -0.15) is 47.9 Å². The van der Waals surface area contributed by atoms with Crippen LogP contribution in [0, 0.1) is 0 Å². The van der Waals surface area contributed by atoms with Crippen molar-refractivity contribution < 1.29 is 51.6 Å². The molecule has 0 aromatic carbocycles. The van der Waals surface area contributed by atoms with Crippen LogP contribution in [-0.2, 0) is 13.7 Å². The van der Waals surface area contributed by atoms with Crippen molar-refractivity contribution in [1.29, 1.82) is 0 Å². The minimum atomic E-state index is -7.30. The Labute approximate surface area is 210 Å². The molecule has 0 spiro atoms. The summed E-state index contributed by atoms with van der Waals surface area (Å²) in [4.78, 5) is 0. The highest BCUT2D eigenvalue weighted by atomic mass is 32.3. The van der Waals surface area contributed by atoms with Gasteiger partial charge in [-0.1, -0.05) is 78.6 Å². The normalized spacial score (nSPS) is 14.9. The van der Waals surface area contributed by atoms with Crippen LogP contribution in [0.1, 0.15) is 97.8 Å². The molecule has 0 aliphatic carbocycles. The maximum absolute atomic E-state index is 14.3. The average molecular weight is 587 g/mol. The molecule has 0 amide bonds. The highest BCUT2D eigenvalue weighted by Gasteiger charge is 2.86. The number of hydrogen-bond acceptors (Lipinski definition) is 3. The van der Waals surface area contributed by atoms with Crippen molar-refractivity contribution in [2.24, 2.45) is 0 Å². The van der Waals surface area contributed by atoms with Gasteiger partial charge in [0, 0.05) is 17.3 Å². The molecule has 0 aromatic rings. The fourth-order valence-electron chi connectivity index (χ4n) is 3.47. The summed E-state index contributed by atoms with van der Waals surface area (Å²) in [5.41, 5.74) is 0. The lowest BCUT2D eigenvalue weighted by atomic mass is 10.1. The highest BCUT2D eigenvalue weighted by molar-refractivity contribution is 8.33. The lowest BCUT2D eigenvalue weighted by Crippen LogP contribution is -2.63. The maximum Gasteiger partial charge on any atom is 0.460 e. The van der Waals surface area contributed by atoms with Crippen LogP contribution in [0.3, 0.4) is 0 Å². The van der Waals surface area contributed by atoms with E-state index < -0.39 is 43.7 Å². The van der Waals surface area contributed by atoms with E-state index >= 15 is 0 Å². The molecule has 0 fully saturated rings. The predicted molar refractivity (Wildman–Crippen MR) is 126 cm³/mol. The third kappa shape index (κ3) is 9.13. The number of alkyl halides is 9. The SMILES string of the molecule is CCCCCCCCCCS(CCCC)(CCCC)OS(=O)(=O)C(F)(F)C(F)(F)C(F)(F)C(F)(F)F. The molecule has 0 saturated heterocycles. The predicted octanol–water partition coefficient (Wildman–Crippen LogP) is 9.22. The first-order valence-electron chi connectivity index (χ1n) is 12.3. The van der Waals surface area contributed by atoms with Gasteiger partial charge in [0.25, 0.3) is 0 Å². The van der Waals surface area contributed by atoms with Gasteiger partial charge in [-0.3, -0.25) is 0 Å². The van der Waals surface area contributed by atoms with Crippen LogP contribution in [0.15, 0.2) is 0 Å². The summed E-state index contributed by atoms with van der Waals surface area (Å²) in [6.45, 7) is 5.48. The van der Waals surface area contributed by atoms with Crippen LogP contribution in [0.5, 0.6) is 0 Å². The second-order valence-corrected chi connectivity index (χ2v) is 14.1. The molecule has 0 N–H and O–H groups in total. The molecule has 0 radical (unpaired) electrons. The van der Waals surface area contributed by atoms with Gasteiger partial charge in [0.05, 0.1) is 0 Å². The Morgan fingerprint density at radius 3 is 1.28 bits per heavy atom. The number of halogens is 9. The van der Waals surface area contributed by atoms with Crippen molar-refractivity contribution in [3.8, 4) is 0 Å². The van der Waals surface area contributed by atoms with Gasteiger partial charge < -0.3 is 0 Å². The summed E-state index contributed by atoms with van der Waals surface area (Å²) in [7, 11) is -9.90. The lowest BCUT2D eigenvalue weighted by molar-refractivity contribution is -0.382. The first-order valence-corrected chi connectivity index (χ1v) is 15.8. The lowest BCUT2D eigenvalue weighted by Gasteiger charge is -2.41. The van der Waals surface area contributed by atoms with Crippen molar-refractivity contribution in [2.75, 3.05) is 17.3 Å². The van der Waals surface area contributed by atoms with Crippen LogP contribution in [0.25, 0.3) is 0 Å². The molecule has 0 aromatic heterocycles. The van der Waals surface area contributed by atoms with Crippen LogP contribution in [-0.4, -0.2) is 49.0 Å². The van der Waals surface area contributed by atoms with E-state index in [-0.39, 0.29) is 30.1 Å². The van der Waals surface area contributed by atoms with Crippen molar-refractivity contribution in [1.82, 2.24) is 0 Å². The smallest absolute Gasteiger partial charge is 0.215 e. The molecule has 0 unspecified atom stereocenters. The third-order valence-electron chi connectivity index (χ3n) is 5.77. The summed E-state index contributed by atoms with van der Waals surface area (Å²) in [6.07, 6.45) is 1.14. The second-order valence-electron chi connectivity index (χ2n) is 8.95. The van der Waals surface area contributed by atoms with Gasteiger partial charge in [-0.25, -0.2) is 3.63 Å². The monoisotopic (exact) mass is 586 g/mol. The van der Waals surface area contributed by atoms with Crippen LogP contribution in [0.4, 0.5) is 39.5 Å². The van der Waals surface area contributed by atoms with Crippen molar-refractivity contribution in [2.45, 2.75) is 121 Å². The van der Waals surface area contributed by atoms with E-state index in [1.807, 2.05) is 0 Å². The number of unbranched alkanes of at least 4 members (excludes halogenated alkanes) is 9. The molecule has 0 heterocycles. The maximum atomic E-state index is 14.3. The molecular weight excluding hydrogens is 547 g/mol. The van der Waals surface area contributed by atoms with Gasteiger partial charge >= 0.3 is 33.4 Å². The summed E-state index contributed by atoms with van der Waals surface area (Å²) in [5.74, 6) is -14.8. The molecule has 0 bridgehead atoms. The molecule has 0 saturated carbocycles. The van der Waals surface area contributed by atoms with Gasteiger partial charge in [-0.05, 0) is 19.3 Å². The average Bonchev–Trinajstić information content (AvgIpc) is 2.76. The molecule has 0 aliphatic heterocycles. The van der Waals surface area contributed by atoms with Crippen LogP contribution < -0.4 is 0 Å². The fraction of sp³-hybridized carbons (Fsp3) is 1.00. The fourth-order valence-corrected chi connectivity index (χ4v) is 9.57. The van der Waals surface area contributed by atoms with E-state index in [9.17, 15) is 47.9 Å². The van der Waals surface area contributed by atoms with E-state index in [0.29, 0.717) is 25.7 Å². The Morgan fingerprint density at radius 1 is 0.528 bits per heavy atom. The first-order chi connectivity index (χ1) is 16.4. The third-order valence-corrected chi connectivity index (χ3v) is 11.6. The molecule has 0 aliphatic rings. The Kier molecular flexibility index (Phi) is 14.5. The summed E-state index contributed by atoms with van der Waals surface area (Å²) < 4.78 is 150. The molecule has 0 rings (SSSR count). The zero-order valence-electron chi connectivity index (χ0n) is 21.0. The molecule has 14 heteroatoms. The molecule has 3 nitrogen and oxygen atoms in total. The minimum Gasteiger partial charge on any atom is -0.215 e. The Hall–Kier alpha value is -0.370. The number of rotatable bonds is 20. The summed E-state index contributed by atoms with van der Waals surface area (Å²) in [6, 6.07) is 0. The number of hydrogen-bond donors (Lipinski definition) is 0. The Morgan fingerprint density at radius 2 is 0.889 bits per heavy atom. The zero-order valence-corrected chi connectivity index (χ0v) is 22.7. The minimum absolute atomic E-state index is 0.0570. The zero-order chi connectivity index (χ0) is 28.3. The van der Waals surface area contributed by atoms with Crippen molar-refractivity contribution in [3.05, 3.63) is 0 Å². The standard InChI is InChI=1S/C22H39F9O3S2/c1-4-7-10-11-12-13-14-15-18-35(16-8-5-2,17-9-6-3)34-36(32,33)22(30,31)20(25,26)19(23,24)21(27,28)29/h4-18H2,1-3H3. The van der Waals surface area contributed by atoms with Crippen LogP contribution in [0.2, 0.25) is 0 Å². The van der Waals surface area contributed by atoms with Gasteiger partial charge in [0.2, 0.25) is 0 Å². The van der Waals surface area contributed by atoms with Crippen molar-refractivity contribution >= 4 is 20.4 Å². The largest absolute Gasteiger partial charge is 0.460 e. The van der Waals surface area contributed by atoms with E-state index in [1.54, 1.807) is 13.8 Å². The highest BCUT2D eigenvalue weighted by Crippen LogP contribution is 2.59. The Bertz CT molecular complexity index is 719. The van der Waals surface area contributed by atoms with E-state index in [0.717, 1.165) is 38.5 Å². The molecule has 220 valence electrons.